The molecule has 6 nitrogen and oxygen atoms in total. The van der Waals surface area contributed by atoms with Gasteiger partial charge in [-0.25, -0.2) is 0 Å². The van der Waals surface area contributed by atoms with Gasteiger partial charge >= 0.3 is 0 Å². The first-order valence-corrected chi connectivity index (χ1v) is 7.96. The summed E-state index contributed by atoms with van der Waals surface area (Å²) in [5.74, 6) is 1.45. The Morgan fingerprint density at radius 2 is 2.00 bits per heavy atom. The molecule has 0 amide bonds. The number of rotatable bonds is 8. The quantitative estimate of drug-likeness (QED) is 0.245. The van der Waals surface area contributed by atoms with Gasteiger partial charge in [-0.05, 0) is 17.7 Å². The zero-order valence-electron chi connectivity index (χ0n) is 14.3. The minimum atomic E-state index is 0. The van der Waals surface area contributed by atoms with Crippen LogP contribution < -0.4 is 15.4 Å². The normalized spacial score (nSPS) is 12.0. The standard InChI is InChI=1S/C18H24N4O2.HI/c1-19-18(21-10-11-24-17-8-5-9-20-13-17)22-12-16(14-23)15-6-3-2-4-7-15;/h2-9,13,16,23H,10-12,14H2,1H3,(H2,19,21,22);1H. The number of aliphatic hydroxyl groups is 1. The molecule has 0 radical (unpaired) electrons. The fourth-order valence-corrected chi connectivity index (χ4v) is 2.22. The Balaban J connectivity index is 0.00000312. The third-order valence-corrected chi connectivity index (χ3v) is 3.53. The maximum atomic E-state index is 9.58. The number of aliphatic imine (C=N–C) groups is 1. The highest BCUT2D eigenvalue weighted by Crippen LogP contribution is 2.13. The van der Waals surface area contributed by atoms with Crippen LogP contribution in [0, 0.1) is 0 Å². The Morgan fingerprint density at radius 3 is 2.64 bits per heavy atom. The van der Waals surface area contributed by atoms with Crippen molar-refractivity contribution in [3.8, 4) is 5.75 Å². The summed E-state index contributed by atoms with van der Waals surface area (Å²) in [5.41, 5.74) is 1.10. The molecular weight excluding hydrogens is 431 g/mol. The van der Waals surface area contributed by atoms with E-state index >= 15 is 0 Å². The molecule has 1 atom stereocenters. The second-order valence-electron chi connectivity index (χ2n) is 5.21. The van der Waals surface area contributed by atoms with Crippen molar-refractivity contribution >= 4 is 29.9 Å². The molecule has 3 N–H and O–H groups in total. The van der Waals surface area contributed by atoms with Crippen LogP contribution in [0.2, 0.25) is 0 Å². The van der Waals surface area contributed by atoms with Gasteiger partial charge in [0.25, 0.3) is 0 Å². The molecule has 7 heteroatoms. The molecule has 1 aromatic heterocycles. The van der Waals surface area contributed by atoms with Crippen LogP contribution in [-0.2, 0) is 0 Å². The van der Waals surface area contributed by atoms with Gasteiger partial charge in [0.2, 0.25) is 0 Å². The third-order valence-electron chi connectivity index (χ3n) is 3.53. The fraction of sp³-hybridized carbons (Fsp3) is 0.333. The summed E-state index contributed by atoms with van der Waals surface area (Å²) in [5, 5.41) is 16.0. The fourth-order valence-electron chi connectivity index (χ4n) is 2.22. The highest BCUT2D eigenvalue weighted by atomic mass is 127. The predicted molar refractivity (Wildman–Crippen MR) is 111 cm³/mol. The van der Waals surface area contributed by atoms with Gasteiger partial charge in [0.05, 0.1) is 19.3 Å². The summed E-state index contributed by atoms with van der Waals surface area (Å²) in [7, 11) is 1.72. The van der Waals surface area contributed by atoms with Crippen LogP contribution in [-0.4, -0.2) is 49.4 Å². The van der Waals surface area contributed by atoms with Gasteiger partial charge in [-0.1, -0.05) is 30.3 Å². The van der Waals surface area contributed by atoms with Crippen LogP contribution in [0.1, 0.15) is 11.5 Å². The highest BCUT2D eigenvalue weighted by molar-refractivity contribution is 14.0. The average Bonchev–Trinajstić information content (AvgIpc) is 2.65. The lowest BCUT2D eigenvalue weighted by Crippen LogP contribution is -2.41. The van der Waals surface area contributed by atoms with Crippen LogP contribution >= 0.6 is 24.0 Å². The van der Waals surface area contributed by atoms with Gasteiger partial charge in [-0.3, -0.25) is 9.98 Å². The molecule has 0 saturated carbocycles. The van der Waals surface area contributed by atoms with Crippen molar-refractivity contribution in [1.82, 2.24) is 15.6 Å². The molecule has 0 aliphatic carbocycles. The van der Waals surface area contributed by atoms with Gasteiger partial charge in [-0.15, -0.1) is 24.0 Å². The van der Waals surface area contributed by atoms with Gasteiger partial charge in [0.15, 0.2) is 5.96 Å². The molecular formula is C18H25IN4O2. The number of hydrogen-bond acceptors (Lipinski definition) is 4. The van der Waals surface area contributed by atoms with Crippen LogP contribution in [0.3, 0.4) is 0 Å². The molecule has 0 aliphatic rings. The molecule has 1 unspecified atom stereocenters. The Morgan fingerprint density at radius 1 is 1.20 bits per heavy atom. The molecule has 0 fully saturated rings. The van der Waals surface area contributed by atoms with E-state index in [0.717, 1.165) is 11.3 Å². The van der Waals surface area contributed by atoms with E-state index in [-0.39, 0.29) is 36.5 Å². The van der Waals surface area contributed by atoms with E-state index in [9.17, 15) is 5.11 Å². The Hall–Kier alpha value is -1.87. The van der Waals surface area contributed by atoms with Crippen molar-refractivity contribution < 1.29 is 9.84 Å². The minimum Gasteiger partial charge on any atom is -0.490 e. The van der Waals surface area contributed by atoms with Crippen molar-refractivity contribution in [2.45, 2.75) is 5.92 Å². The number of guanidine groups is 1. The molecule has 0 bridgehead atoms. The van der Waals surface area contributed by atoms with Crippen LogP contribution in [0.5, 0.6) is 5.75 Å². The molecule has 2 aromatic rings. The third kappa shape index (κ3) is 7.70. The number of halogens is 1. The number of ether oxygens (including phenoxy) is 1. The van der Waals surface area contributed by atoms with E-state index in [2.05, 4.69) is 20.6 Å². The van der Waals surface area contributed by atoms with E-state index in [1.54, 1.807) is 19.4 Å². The number of aromatic nitrogens is 1. The maximum Gasteiger partial charge on any atom is 0.191 e. The second kappa shape index (κ2) is 12.5. The number of aliphatic hydroxyl groups excluding tert-OH is 1. The summed E-state index contributed by atoms with van der Waals surface area (Å²) in [6.07, 6.45) is 3.39. The first-order chi connectivity index (χ1) is 11.8. The van der Waals surface area contributed by atoms with Gasteiger partial charge in [0, 0.05) is 25.7 Å². The summed E-state index contributed by atoms with van der Waals surface area (Å²) < 4.78 is 5.57. The van der Waals surface area contributed by atoms with E-state index < -0.39 is 0 Å². The smallest absolute Gasteiger partial charge is 0.191 e. The zero-order valence-corrected chi connectivity index (χ0v) is 16.6. The summed E-state index contributed by atoms with van der Waals surface area (Å²) in [6, 6.07) is 13.6. The Bertz CT molecular complexity index is 611. The first kappa shape index (κ1) is 21.2. The number of benzene rings is 1. The molecule has 1 heterocycles. The van der Waals surface area contributed by atoms with Gasteiger partial charge in [0.1, 0.15) is 12.4 Å². The van der Waals surface area contributed by atoms with E-state index in [4.69, 9.17) is 4.74 Å². The minimum absolute atomic E-state index is 0. The number of hydrogen-bond donors (Lipinski definition) is 3. The number of pyridine rings is 1. The molecule has 0 spiro atoms. The topological polar surface area (TPSA) is 78.8 Å². The summed E-state index contributed by atoms with van der Waals surface area (Å²) in [4.78, 5) is 8.17. The number of nitrogens with one attached hydrogen (secondary N) is 2. The lowest BCUT2D eigenvalue weighted by atomic mass is 10.0. The van der Waals surface area contributed by atoms with E-state index in [1.807, 2.05) is 42.5 Å². The predicted octanol–water partition coefficient (Wildman–Crippen LogP) is 2.02. The molecule has 2 rings (SSSR count). The second-order valence-corrected chi connectivity index (χ2v) is 5.21. The van der Waals surface area contributed by atoms with Crippen molar-refractivity contribution in [3.05, 3.63) is 60.4 Å². The van der Waals surface area contributed by atoms with Crippen LogP contribution in [0.25, 0.3) is 0 Å². The first-order valence-electron chi connectivity index (χ1n) is 7.96. The zero-order chi connectivity index (χ0) is 17.0. The summed E-state index contributed by atoms with van der Waals surface area (Å²) >= 11 is 0. The molecule has 0 saturated heterocycles. The van der Waals surface area contributed by atoms with Crippen molar-refractivity contribution in [1.29, 1.82) is 0 Å². The van der Waals surface area contributed by atoms with E-state index in [1.165, 1.54) is 0 Å². The van der Waals surface area contributed by atoms with Gasteiger partial charge < -0.3 is 20.5 Å². The maximum absolute atomic E-state index is 9.58. The van der Waals surface area contributed by atoms with Crippen LogP contribution in [0.4, 0.5) is 0 Å². The lowest BCUT2D eigenvalue weighted by molar-refractivity contribution is 0.265. The molecule has 1 aromatic carbocycles. The largest absolute Gasteiger partial charge is 0.490 e. The monoisotopic (exact) mass is 456 g/mol. The van der Waals surface area contributed by atoms with Gasteiger partial charge in [-0.2, -0.15) is 0 Å². The molecule has 0 aliphatic heterocycles. The van der Waals surface area contributed by atoms with Crippen molar-refractivity contribution in [2.75, 3.05) is 33.4 Å². The SMILES string of the molecule is CN=C(NCCOc1cccnc1)NCC(CO)c1ccccc1.I. The molecule has 25 heavy (non-hydrogen) atoms. The Labute approximate surface area is 165 Å². The summed E-state index contributed by atoms with van der Waals surface area (Å²) in [6.45, 7) is 1.81. The molecule has 136 valence electrons. The van der Waals surface area contributed by atoms with Crippen molar-refractivity contribution in [3.63, 3.8) is 0 Å². The lowest BCUT2D eigenvalue weighted by Gasteiger charge is -2.18. The van der Waals surface area contributed by atoms with Crippen LogP contribution in [0.15, 0.2) is 59.9 Å². The number of nitrogens with zero attached hydrogens (tertiary/aromatic N) is 2. The highest BCUT2D eigenvalue weighted by Gasteiger charge is 2.10. The van der Waals surface area contributed by atoms with Crippen molar-refractivity contribution in [2.24, 2.45) is 4.99 Å². The van der Waals surface area contributed by atoms with E-state index in [0.29, 0.717) is 25.7 Å². The average molecular weight is 456 g/mol. The Kier molecular flexibility index (Phi) is 10.6.